The molecule has 1 atom stereocenters. The maximum Gasteiger partial charge on any atom is 0.328 e. The Morgan fingerprint density at radius 3 is 2.50 bits per heavy atom. The molecule has 0 saturated heterocycles. The van der Waals surface area contributed by atoms with E-state index in [9.17, 15) is 4.79 Å². The molecule has 5 heteroatoms. The zero-order valence-corrected chi connectivity index (χ0v) is 13.8. The van der Waals surface area contributed by atoms with Crippen LogP contribution in [0.4, 0.5) is 0 Å². The number of benzene rings is 1. The van der Waals surface area contributed by atoms with Gasteiger partial charge in [0.15, 0.2) is 0 Å². The lowest BCUT2D eigenvalue weighted by Gasteiger charge is -2.16. The van der Waals surface area contributed by atoms with Gasteiger partial charge in [0.25, 0.3) is 0 Å². The summed E-state index contributed by atoms with van der Waals surface area (Å²) in [6.07, 6.45) is 1.87. The van der Waals surface area contributed by atoms with Crippen LogP contribution < -0.4 is 9.47 Å². The number of hydrogen-bond acceptors (Lipinski definition) is 4. The highest BCUT2D eigenvalue weighted by Gasteiger charge is 2.20. The average Bonchev–Trinajstić information content (AvgIpc) is 2.94. The molecule has 0 radical (unpaired) electrons. The summed E-state index contributed by atoms with van der Waals surface area (Å²) in [6, 6.07) is 5.24. The number of carbonyl (C=O) groups is 1. The zero-order valence-electron chi connectivity index (χ0n) is 13.8. The van der Waals surface area contributed by atoms with Gasteiger partial charge < -0.3 is 18.8 Å². The van der Waals surface area contributed by atoms with E-state index in [4.69, 9.17) is 14.2 Å². The van der Waals surface area contributed by atoms with Gasteiger partial charge >= 0.3 is 5.97 Å². The van der Waals surface area contributed by atoms with Crippen molar-refractivity contribution in [3.63, 3.8) is 0 Å². The summed E-state index contributed by atoms with van der Waals surface area (Å²) in [4.78, 5) is 12.2. The molecule has 1 aromatic carbocycles. The van der Waals surface area contributed by atoms with Gasteiger partial charge in [-0.2, -0.15) is 0 Å². The molecule has 0 aliphatic rings. The number of ether oxygens (including phenoxy) is 3. The number of methoxy groups -OCH3 is 2. The number of fused-ring (bicyclic) bond motifs is 1. The fraction of sp³-hybridized carbons (Fsp3) is 0.471. The molecule has 22 heavy (non-hydrogen) atoms. The van der Waals surface area contributed by atoms with Crippen molar-refractivity contribution >= 4 is 16.9 Å². The van der Waals surface area contributed by atoms with Crippen molar-refractivity contribution < 1.29 is 19.0 Å². The molecule has 0 aliphatic heterocycles. The Kier molecular flexibility index (Phi) is 4.96. The van der Waals surface area contributed by atoms with Gasteiger partial charge in [0.1, 0.15) is 17.5 Å². The quantitative estimate of drug-likeness (QED) is 0.767. The van der Waals surface area contributed by atoms with Crippen LogP contribution in [0.2, 0.25) is 0 Å². The molecule has 1 unspecified atom stereocenters. The Balaban J connectivity index is 2.37. The van der Waals surface area contributed by atoms with Gasteiger partial charge in [0, 0.05) is 23.7 Å². The Hall–Kier alpha value is -2.17. The average molecular weight is 305 g/mol. The highest BCUT2D eigenvalue weighted by atomic mass is 16.5. The maximum absolute atomic E-state index is 12.2. The topological polar surface area (TPSA) is 49.7 Å². The van der Waals surface area contributed by atoms with E-state index in [1.54, 1.807) is 14.2 Å². The standard InChI is InChI=1S/C17H23NO4/c1-11(2)10-22-17(19)12(3)18-7-6-14-15(18)8-13(20-4)9-16(14)21-5/h6-9,11-12H,10H2,1-5H3. The molecule has 0 amide bonds. The van der Waals surface area contributed by atoms with Gasteiger partial charge in [-0.05, 0) is 18.9 Å². The van der Waals surface area contributed by atoms with Crippen molar-refractivity contribution in [2.45, 2.75) is 26.8 Å². The lowest BCUT2D eigenvalue weighted by Crippen LogP contribution is -2.20. The van der Waals surface area contributed by atoms with Crippen LogP contribution in [0.5, 0.6) is 11.5 Å². The fourth-order valence-electron chi connectivity index (χ4n) is 2.31. The largest absolute Gasteiger partial charge is 0.497 e. The summed E-state index contributed by atoms with van der Waals surface area (Å²) in [7, 11) is 3.22. The smallest absolute Gasteiger partial charge is 0.328 e. The first-order chi connectivity index (χ1) is 10.5. The number of esters is 1. The fourth-order valence-corrected chi connectivity index (χ4v) is 2.31. The van der Waals surface area contributed by atoms with Crippen LogP contribution >= 0.6 is 0 Å². The Morgan fingerprint density at radius 1 is 1.18 bits per heavy atom. The Morgan fingerprint density at radius 2 is 1.91 bits per heavy atom. The summed E-state index contributed by atoms with van der Waals surface area (Å²) in [5.41, 5.74) is 0.880. The van der Waals surface area contributed by atoms with E-state index in [1.807, 2.05) is 49.7 Å². The highest BCUT2D eigenvalue weighted by molar-refractivity contribution is 5.89. The van der Waals surface area contributed by atoms with Crippen molar-refractivity contribution in [1.82, 2.24) is 4.57 Å². The third-order valence-electron chi connectivity index (χ3n) is 3.55. The van der Waals surface area contributed by atoms with Crippen molar-refractivity contribution in [3.05, 3.63) is 24.4 Å². The molecule has 0 spiro atoms. The number of carbonyl (C=O) groups excluding carboxylic acids is 1. The van der Waals surface area contributed by atoms with E-state index in [-0.39, 0.29) is 5.97 Å². The number of rotatable bonds is 6. The zero-order chi connectivity index (χ0) is 16.3. The predicted octanol–water partition coefficient (Wildman–Crippen LogP) is 3.42. The SMILES string of the molecule is COc1cc(OC)c2ccn(C(C)C(=O)OCC(C)C)c2c1. The van der Waals surface area contributed by atoms with Crippen LogP contribution in [-0.2, 0) is 9.53 Å². The summed E-state index contributed by atoms with van der Waals surface area (Å²) >= 11 is 0. The molecule has 1 aromatic heterocycles. The molecule has 5 nitrogen and oxygen atoms in total. The minimum absolute atomic E-state index is 0.243. The second-order valence-corrected chi connectivity index (χ2v) is 5.69. The van der Waals surface area contributed by atoms with Crippen molar-refractivity contribution in [2.75, 3.05) is 20.8 Å². The molecule has 120 valence electrons. The van der Waals surface area contributed by atoms with E-state index in [0.29, 0.717) is 18.3 Å². The Labute approximate surface area is 130 Å². The lowest BCUT2D eigenvalue weighted by molar-refractivity contribution is -0.148. The second kappa shape index (κ2) is 6.73. The van der Waals surface area contributed by atoms with Gasteiger partial charge in [-0.1, -0.05) is 13.8 Å². The third kappa shape index (κ3) is 3.18. The van der Waals surface area contributed by atoms with Crippen molar-refractivity contribution in [3.8, 4) is 11.5 Å². The van der Waals surface area contributed by atoms with Crippen LogP contribution in [0, 0.1) is 5.92 Å². The molecular formula is C17H23NO4. The summed E-state index contributed by atoms with van der Waals surface area (Å²) < 4.78 is 17.9. The molecule has 2 rings (SSSR count). The lowest BCUT2D eigenvalue weighted by atomic mass is 10.2. The molecule has 0 N–H and O–H groups in total. The monoisotopic (exact) mass is 305 g/mol. The van der Waals surface area contributed by atoms with E-state index >= 15 is 0 Å². The van der Waals surface area contributed by atoms with Crippen LogP contribution in [0.3, 0.4) is 0 Å². The first-order valence-corrected chi connectivity index (χ1v) is 7.37. The summed E-state index contributed by atoms with van der Waals surface area (Å²) in [5, 5.41) is 0.937. The predicted molar refractivity (Wildman–Crippen MR) is 85.6 cm³/mol. The molecule has 0 fully saturated rings. The van der Waals surface area contributed by atoms with E-state index in [2.05, 4.69) is 0 Å². The van der Waals surface area contributed by atoms with E-state index < -0.39 is 6.04 Å². The van der Waals surface area contributed by atoms with Gasteiger partial charge in [-0.3, -0.25) is 0 Å². The second-order valence-electron chi connectivity index (χ2n) is 5.69. The maximum atomic E-state index is 12.2. The van der Waals surface area contributed by atoms with Gasteiger partial charge in [-0.15, -0.1) is 0 Å². The first kappa shape index (κ1) is 16.2. The molecule has 0 bridgehead atoms. The van der Waals surface area contributed by atoms with E-state index in [1.165, 1.54) is 0 Å². The minimum Gasteiger partial charge on any atom is -0.497 e. The van der Waals surface area contributed by atoms with Crippen LogP contribution in [-0.4, -0.2) is 31.4 Å². The number of aromatic nitrogens is 1. The third-order valence-corrected chi connectivity index (χ3v) is 3.55. The van der Waals surface area contributed by atoms with Crippen molar-refractivity contribution in [2.24, 2.45) is 5.92 Å². The van der Waals surface area contributed by atoms with Crippen LogP contribution in [0.1, 0.15) is 26.8 Å². The van der Waals surface area contributed by atoms with Crippen molar-refractivity contribution in [1.29, 1.82) is 0 Å². The summed E-state index contributed by atoms with van der Waals surface area (Å²) in [5.74, 6) is 1.48. The first-order valence-electron chi connectivity index (χ1n) is 7.37. The molecule has 0 aliphatic carbocycles. The van der Waals surface area contributed by atoms with Crippen LogP contribution in [0.25, 0.3) is 10.9 Å². The molecule has 0 saturated carbocycles. The normalized spacial score (nSPS) is 12.5. The van der Waals surface area contributed by atoms with Gasteiger partial charge in [0.05, 0.1) is 26.3 Å². The summed E-state index contributed by atoms with van der Waals surface area (Å²) in [6.45, 7) is 6.28. The van der Waals surface area contributed by atoms with E-state index in [0.717, 1.165) is 16.7 Å². The molecule has 1 heterocycles. The number of nitrogens with zero attached hydrogens (tertiary/aromatic N) is 1. The molecular weight excluding hydrogens is 282 g/mol. The van der Waals surface area contributed by atoms with Gasteiger partial charge in [-0.25, -0.2) is 4.79 Å². The van der Waals surface area contributed by atoms with Crippen LogP contribution in [0.15, 0.2) is 24.4 Å². The molecule has 2 aromatic rings. The number of hydrogen-bond donors (Lipinski definition) is 0. The van der Waals surface area contributed by atoms with Gasteiger partial charge in [0.2, 0.25) is 0 Å². The highest BCUT2D eigenvalue weighted by Crippen LogP contribution is 2.33. The Bertz CT molecular complexity index is 660. The minimum atomic E-state index is -0.409.